The van der Waals surface area contributed by atoms with E-state index in [-0.39, 0.29) is 11.0 Å². The first kappa shape index (κ1) is 28.5. The van der Waals surface area contributed by atoms with E-state index in [4.69, 9.17) is 21.4 Å². The van der Waals surface area contributed by atoms with Crippen LogP contribution < -0.4 is 10.8 Å². The molecule has 4 aliphatic carbocycles. The Morgan fingerprint density at radius 3 is 1.67 bits per heavy atom. The molecule has 0 spiro atoms. The third-order valence-corrected chi connectivity index (χ3v) is 9.85. The van der Waals surface area contributed by atoms with Gasteiger partial charge >= 0.3 is 6.13 Å². The molecule has 0 atom stereocenters. The van der Waals surface area contributed by atoms with Gasteiger partial charge in [0, 0.05) is 11.1 Å². The van der Waals surface area contributed by atoms with E-state index >= 15 is 0 Å². The van der Waals surface area contributed by atoms with Crippen molar-refractivity contribution < 1.29 is 0 Å². The number of nitrogens with one attached hydrogen (secondary N) is 1. The zero-order valence-corrected chi connectivity index (χ0v) is 26.4. The summed E-state index contributed by atoms with van der Waals surface area (Å²) in [6.07, 6.45) is 7.39. The van der Waals surface area contributed by atoms with Crippen molar-refractivity contribution in [2.75, 3.05) is 5.32 Å². The third kappa shape index (κ3) is 5.87. The fourth-order valence-electron chi connectivity index (χ4n) is 8.30. The first-order chi connectivity index (χ1) is 18.2. The van der Waals surface area contributed by atoms with Gasteiger partial charge in [0.1, 0.15) is 11.6 Å². The summed E-state index contributed by atoms with van der Waals surface area (Å²) >= 11 is 7.49. The highest BCUT2D eigenvalue weighted by Crippen LogP contribution is 2.57. The van der Waals surface area contributed by atoms with Crippen molar-refractivity contribution in [2.24, 2.45) is 33.2 Å². The molecule has 5 heteroatoms. The number of nitrogens with zero attached hydrogens (tertiary/aromatic N) is 2. The number of halogens is 1. The van der Waals surface area contributed by atoms with Gasteiger partial charge in [-0.1, -0.05) is 67.3 Å². The van der Waals surface area contributed by atoms with Crippen LogP contribution in [-0.4, -0.2) is 23.2 Å². The molecule has 4 saturated carbocycles. The lowest BCUT2D eigenvalue weighted by molar-refractivity contribution is 0.00176. The normalized spacial score (nSPS) is 26.8. The van der Waals surface area contributed by atoms with Crippen LogP contribution in [0.5, 0.6) is 0 Å². The summed E-state index contributed by atoms with van der Waals surface area (Å²) in [5.41, 5.74) is 10.3. The number of rotatable bonds is 4. The number of anilines is 1. The van der Waals surface area contributed by atoms with Gasteiger partial charge in [0.2, 0.25) is 0 Å². The van der Waals surface area contributed by atoms with E-state index in [0.717, 1.165) is 40.5 Å². The fourth-order valence-corrected chi connectivity index (χ4v) is 8.74. The average molecular weight is 544 g/mol. The molecule has 4 bridgehead atoms. The van der Waals surface area contributed by atoms with E-state index in [1.807, 2.05) is 0 Å². The van der Waals surface area contributed by atoms with Crippen LogP contribution in [0, 0.1) is 64.7 Å². The van der Waals surface area contributed by atoms with Crippen molar-refractivity contribution in [3.05, 3.63) is 57.6 Å². The van der Waals surface area contributed by atoms with Crippen LogP contribution in [-0.2, 0) is 0 Å². The highest BCUT2D eigenvalue weighted by atomic mass is 35.5. The number of amidine groups is 2. The number of hydrogen-bond acceptors (Lipinski definition) is 1. The Kier molecular flexibility index (Phi) is 7.59. The van der Waals surface area contributed by atoms with Crippen LogP contribution >= 0.6 is 11.5 Å². The molecule has 6 rings (SSSR count). The fraction of sp³-hybridized carbons (Fsp3) is 0.588. The Bertz CT molecular complexity index is 1250. The second-order valence-corrected chi connectivity index (χ2v) is 14.8. The minimum atomic E-state index is -0.391. The Morgan fingerprint density at radius 1 is 0.795 bits per heavy atom. The van der Waals surface area contributed by atoms with E-state index in [0.29, 0.717) is 0 Å². The molecule has 39 heavy (non-hydrogen) atoms. The molecular formula is C34H47BClN3. The Balaban J connectivity index is 1.64. The quantitative estimate of drug-likeness (QED) is 0.234. The van der Waals surface area contributed by atoms with Gasteiger partial charge in [0.05, 0.1) is 5.54 Å². The predicted molar refractivity (Wildman–Crippen MR) is 171 cm³/mol. The minimum absolute atomic E-state index is 0.00802. The molecule has 0 aromatic heterocycles. The highest BCUT2D eigenvalue weighted by Gasteiger charge is 2.51. The summed E-state index contributed by atoms with van der Waals surface area (Å²) in [4.78, 5) is 11.1. The van der Waals surface area contributed by atoms with E-state index in [1.165, 1.54) is 71.9 Å². The molecule has 0 amide bonds. The van der Waals surface area contributed by atoms with Crippen LogP contribution in [0.4, 0.5) is 5.69 Å². The van der Waals surface area contributed by atoms with Crippen molar-refractivity contribution in [3.63, 3.8) is 0 Å². The van der Waals surface area contributed by atoms with Crippen molar-refractivity contribution in [1.82, 2.24) is 0 Å². The van der Waals surface area contributed by atoms with Crippen LogP contribution in [0.1, 0.15) is 92.7 Å². The summed E-state index contributed by atoms with van der Waals surface area (Å²) < 4.78 is 0. The van der Waals surface area contributed by atoms with Crippen molar-refractivity contribution >= 4 is 40.3 Å². The van der Waals surface area contributed by atoms with E-state index in [2.05, 4.69) is 91.9 Å². The van der Waals surface area contributed by atoms with Gasteiger partial charge in [0.25, 0.3) is 0 Å². The SMILES string of the molecule is Cc1cc(C)c(N/C(=N\C(=NC23CC4CC(CC(C4)C2)C3)B(Cl)c2c(C)cc(C)cc2C)C(C)(C)C)c(C)c1. The number of aryl methyl sites for hydroxylation is 6. The number of hydrogen-bond donors (Lipinski definition) is 1. The van der Waals surface area contributed by atoms with Gasteiger partial charge in [-0.05, 0) is 114 Å². The van der Waals surface area contributed by atoms with Gasteiger partial charge in [-0.25, -0.2) is 4.99 Å². The summed E-state index contributed by atoms with van der Waals surface area (Å²) in [6, 6.07) is 8.96. The van der Waals surface area contributed by atoms with Crippen molar-refractivity contribution in [1.29, 1.82) is 0 Å². The lowest BCUT2D eigenvalue weighted by Crippen LogP contribution is -2.51. The Labute approximate surface area is 242 Å². The zero-order valence-electron chi connectivity index (χ0n) is 25.6. The van der Waals surface area contributed by atoms with E-state index < -0.39 is 6.13 Å². The van der Waals surface area contributed by atoms with Crippen LogP contribution in [0.2, 0.25) is 0 Å². The number of benzene rings is 2. The molecule has 208 valence electrons. The highest BCUT2D eigenvalue weighted by molar-refractivity contribution is 7.30. The molecule has 0 saturated heterocycles. The lowest BCUT2D eigenvalue weighted by atomic mass is 9.53. The summed E-state index contributed by atoms with van der Waals surface area (Å²) in [5, 5.41) is 3.78. The average Bonchev–Trinajstić information content (AvgIpc) is 2.77. The van der Waals surface area contributed by atoms with Gasteiger partial charge in [-0.15, -0.1) is 0 Å². The van der Waals surface area contributed by atoms with Crippen molar-refractivity contribution in [3.8, 4) is 0 Å². The van der Waals surface area contributed by atoms with E-state index in [9.17, 15) is 0 Å². The first-order valence-corrected chi connectivity index (χ1v) is 15.4. The standard InChI is InChI=1S/C34H47BClN3/c1-20-10-22(3)29(23(4)11-20)35(36)32(39-34-17-26-14-27(18-34)16-28(15-26)19-34)38-31(33(7,8)9)37-30-24(5)12-21(2)13-25(30)6/h10-13,26-28H,14-19H2,1-9H3,(H,37,38,39). The molecule has 3 nitrogen and oxygen atoms in total. The molecule has 4 fully saturated rings. The van der Waals surface area contributed by atoms with Gasteiger partial charge in [-0.3, -0.25) is 4.99 Å². The Hall–Kier alpha value is -2.07. The molecular weight excluding hydrogens is 497 g/mol. The third-order valence-electron chi connectivity index (χ3n) is 9.43. The predicted octanol–water partition coefficient (Wildman–Crippen LogP) is 8.44. The summed E-state index contributed by atoms with van der Waals surface area (Å²) in [6.45, 7) is 19.7. The molecule has 2 aromatic rings. The van der Waals surface area contributed by atoms with Crippen LogP contribution in [0.25, 0.3) is 0 Å². The monoisotopic (exact) mass is 543 g/mol. The maximum absolute atomic E-state index is 7.49. The Morgan fingerprint density at radius 2 is 1.23 bits per heavy atom. The molecule has 0 radical (unpaired) electrons. The minimum Gasteiger partial charge on any atom is -0.343 e. The molecule has 2 aromatic carbocycles. The summed E-state index contributed by atoms with van der Waals surface area (Å²) in [7, 11) is 0. The van der Waals surface area contributed by atoms with Gasteiger partial charge < -0.3 is 5.32 Å². The zero-order chi connectivity index (χ0) is 28.3. The maximum Gasteiger partial charge on any atom is 0.360 e. The topological polar surface area (TPSA) is 36.8 Å². The molecule has 0 heterocycles. The van der Waals surface area contributed by atoms with E-state index in [1.54, 1.807) is 0 Å². The molecule has 0 aliphatic heterocycles. The molecule has 0 unspecified atom stereocenters. The van der Waals surface area contributed by atoms with Gasteiger partial charge in [0.15, 0.2) is 0 Å². The smallest absolute Gasteiger partial charge is 0.343 e. The maximum atomic E-state index is 7.49. The lowest BCUT2D eigenvalue weighted by Gasteiger charge is -2.55. The number of aliphatic imine (C=N–C) groups is 2. The second kappa shape index (κ2) is 10.4. The van der Waals surface area contributed by atoms with Crippen LogP contribution in [0.3, 0.4) is 0 Å². The van der Waals surface area contributed by atoms with Crippen molar-refractivity contribution in [2.45, 2.75) is 106 Å². The molecule has 4 aliphatic rings. The molecule has 1 N–H and O–H groups in total. The summed E-state index contributed by atoms with van der Waals surface area (Å²) in [5.74, 6) is 3.38. The van der Waals surface area contributed by atoms with Gasteiger partial charge in [-0.2, -0.15) is 11.5 Å². The first-order valence-electron chi connectivity index (χ1n) is 15.0. The largest absolute Gasteiger partial charge is 0.360 e. The van der Waals surface area contributed by atoms with Crippen LogP contribution in [0.15, 0.2) is 34.3 Å². The second-order valence-electron chi connectivity index (χ2n) is 14.4.